The summed E-state index contributed by atoms with van der Waals surface area (Å²) in [4.78, 5) is 10.8. The maximum Gasteiger partial charge on any atom is 0.330 e. The van der Waals surface area contributed by atoms with E-state index in [1.807, 2.05) is 13.0 Å². The zero-order valence-electron chi connectivity index (χ0n) is 7.90. The van der Waals surface area contributed by atoms with Crippen LogP contribution in [0.25, 0.3) is 0 Å². The summed E-state index contributed by atoms with van der Waals surface area (Å²) in [7, 11) is 0. The molecule has 3 heteroatoms. The Kier molecular flexibility index (Phi) is 3.71. The lowest BCUT2D eigenvalue weighted by molar-refractivity contribution is -0.137. The Morgan fingerprint density at radius 3 is 2.77 bits per heavy atom. The van der Waals surface area contributed by atoms with Gasteiger partial charge in [0.1, 0.15) is 6.10 Å². The Bertz CT molecular complexity index is 230. The van der Waals surface area contributed by atoms with Crippen molar-refractivity contribution in [3.05, 3.63) is 24.3 Å². The minimum absolute atomic E-state index is 0.229. The second-order valence-electron chi connectivity index (χ2n) is 2.80. The minimum atomic E-state index is -0.308. The van der Waals surface area contributed by atoms with Crippen LogP contribution in [0, 0.1) is 0 Å². The van der Waals surface area contributed by atoms with E-state index in [1.165, 1.54) is 6.08 Å². The first-order valence-corrected chi connectivity index (χ1v) is 4.41. The summed E-state index contributed by atoms with van der Waals surface area (Å²) in [6.07, 6.45) is 7.32. The monoisotopic (exact) mass is 182 g/mol. The average Bonchev–Trinajstić information content (AvgIpc) is 2.77. The number of hydrogen-bond acceptors (Lipinski definition) is 3. The molecule has 0 aromatic rings. The van der Waals surface area contributed by atoms with Crippen LogP contribution in [-0.2, 0) is 14.3 Å². The van der Waals surface area contributed by atoms with Gasteiger partial charge in [-0.05, 0) is 13.8 Å². The fraction of sp³-hybridized carbons (Fsp3) is 0.500. The van der Waals surface area contributed by atoms with Crippen molar-refractivity contribution in [1.82, 2.24) is 0 Å². The van der Waals surface area contributed by atoms with Gasteiger partial charge in [-0.2, -0.15) is 0 Å². The number of rotatable bonds is 4. The molecule has 1 fully saturated rings. The smallest absolute Gasteiger partial charge is 0.330 e. The summed E-state index contributed by atoms with van der Waals surface area (Å²) >= 11 is 0. The molecule has 0 amide bonds. The van der Waals surface area contributed by atoms with E-state index in [2.05, 4.69) is 0 Å². The van der Waals surface area contributed by atoms with Gasteiger partial charge >= 0.3 is 5.97 Å². The van der Waals surface area contributed by atoms with Crippen LogP contribution in [0.3, 0.4) is 0 Å². The molecule has 13 heavy (non-hydrogen) atoms. The first-order valence-electron chi connectivity index (χ1n) is 4.41. The molecule has 0 N–H and O–H groups in total. The fourth-order valence-corrected chi connectivity index (χ4v) is 0.902. The number of carbonyl (C=O) groups excluding carboxylic acids is 1. The van der Waals surface area contributed by atoms with Crippen molar-refractivity contribution >= 4 is 5.97 Å². The summed E-state index contributed by atoms with van der Waals surface area (Å²) in [5, 5.41) is 0. The number of carbonyl (C=O) groups is 1. The van der Waals surface area contributed by atoms with Crippen LogP contribution in [-0.4, -0.2) is 24.8 Å². The Morgan fingerprint density at radius 1 is 1.54 bits per heavy atom. The molecule has 1 rings (SSSR count). The van der Waals surface area contributed by atoms with Gasteiger partial charge in [-0.25, -0.2) is 4.79 Å². The molecule has 2 atom stereocenters. The molecule has 3 nitrogen and oxygen atoms in total. The molecule has 0 bridgehead atoms. The molecule has 0 saturated carbocycles. The van der Waals surface area contributed by atoms with Gasteiger partial charge in [-0.3, -0.25) is 0 Å². The Labute approximate surface area is 78.0 Å². The van der Waals surface area contributed by atoms with Crippen molar-refractivity contribution < 1.29 is 14.3 Å². The largest absolute Gasteiger partial charge is 0.463 e. The molecule has 0 radical (unpaired) electrons. The van der Waals surface area contributed by atoms with Gasteiger partial charge in [0.25, 0.3) is 0 Å². The van der Waals surface area contributed by atoms with Crippen molar-refractivity contribution in [2.45, 2.75) is 26.1 Å². The molecular formula is C10H14O3. The average molecular weight is 182 g/mol. The zero-order chi connectivity index (χ0) is 9.68. The molecule has 1 saturated heterocycles. The number of epoxide rings is 1. The van der Waals surface area contributed by atoms with E-state index in [4.69, 9.17) is 9.47 Å². The lowest BCUT2D eigenvalue weighted by atomic mass is 10.3. The van der Waals surface area contributed by atoms with E-state index in [-0.39, 0.29) is 12.1 Å². The first kappa shape index (κ1) is 9.99. The van der Waals surface area contributed by atoms with Gasteiger partial charge in [-0.1, -0.05) is 18.2 Å². The Balaban J connectivity index is 2.17. The van der Waals surface area contributed by atoms with Gasteiger partial charge in [0, 0.05) is 6.08 Å². The first-order chi connectivity index (χ1) is 6.24. The lowest BCUT2D eigenvalue weighted by Gasteiger charge is -1.92. The van der Waals surface area contributed by atoms with Crippen LogP contribution < -0.4 is 0 Å². The predicted octanol–water partition coefficient (Wildman–Crippen LogP) is 1.45. The molecule has 1 heterocycles. The number of esters is 1. The maximum absolute atomic E-state index is 10.8. The fourth-order valence-electron chi connectivity index (χ4n) is 0.902. The Hall–Kier alpha value is -1.09. The van der Waals surface area contributed by atoms with E-state index in [9.17, 15) is 4.79 Å². The molecule has 1 aliphatic heterocycles. The molecule has 1 aliphatic rings. The number of ether oxygens (including phenoxy) is 2. The summed E-state index contributed by atoms with van der Waals surface area (Å²) in [5.74, 6) is -0.308. The quantitative estimate of drug-likeness (QED) is 0.286. The predicted molar refractivity (Wildman–Crippen MR) is 49.2 cm³/mol. The van der Waals surface area contributed by atoms with Crippen molar-refractivity contribution in [2.75, 3.05) is 6.61 Å². The molecule has 0 unspecified atom stereocenters. The van der Waals surface area contributed by atoms with Crippen LogP contribution in [0.15, 0.2) is 24.3 Å². The van der Waals surface area contributed by atoms with E-state index in [0.717, 1.165) is 0 Å². The zero-order valence-corrected chi connectivity index (χ0v) is 7.90. The highest BCUT2D eigenvalue weighted by atomic mass is 16.6. The van der Waals surface area contributed by atoms with Crippen LogP contribution >= 0.6 is 0 Å². The third-order valence-electron chi connectivity index (χ3n) is 1.69. The number of allylic oxidation sites excluding steroid dienone is 2. The van der Waals surface area contributed by atoms with Crippen LogP contribution in [0.1, 0.15) is 13.8 Å². The second-order valence-corrected chi connectivity index (χ2v) is 2.80. The molecular weight excluding hydrogens is 168 g/mol. The van der Waals surface area contributed by atoms with Gasteiger partial charge in [0.05, 0.1) is 12.7 Å². The second kappa shape index (κ2) is 4.82. The standard InChI is InChI=1S/C10H14O3/c1-3-12-10(11)7-5-4-6-9-8(2)13-9/h4-9H,3H2,1-2H3/b6-4+,7-5+/t8-,9+/m0/s1. The van der Waals surface area contributed by atoms with Gasteiger partial charge in [0.15, 0.2) is 0 Å². The third-order valence-corrected chi connectivity index (χ3v) is 1.69. The van der Waals surface area contributed by atoms with E-state index < -0.39 is 0 Å². The topological polar surface area (TPSA) is 38.8 Å². The van der Waals surface area contributed by atoms with Crippen LogP contribution in [0.2, 0.25) is 0 Å². The highest BCUT2D eigenvalue weighted by Gasteiger charge is 2.30. The van der Waals surface area contributed by atoms with Crippen molar-refractivity contribution in [3.8, 4) is 0 Å². The number of hydrogen-bond donors (Lipinski definition) is 0. The van der Waals surface area contributed by atoms with Crippen molar-refractivity contribution in [1.29, 1.82) is 0 Å². The highest BCUT2D eigenvalue weighted by Crippen LogP contribution is 2.21. The summed E-state index contributed by atoms with van der Waals surface area (Å²) < 4.78 is 9.83. The van der Waals surface area contributed by atoms with E-state index >= 15 is 0 Å². The van der Waals surface area contributed by atoms with Crippen LogP contribution in [0.5, 0.6) is 0 Å². The van der Waals surface area contributed by atoms with Crippen LogP contribution in [0.4, 0.5) is 0 Å². The van der Waals surface area contributed by atoms with Gasteiger partial charge in [-0.15, -0.1) is 0 Å². The van der Waals surface area contributed by atoms with Gasteiger partial charge in [0.2, 0.25) is 0 Å². The summed E-state index contributed by atoms with van der Waals surface area (Å²) in [6.45, 7) is 4.20. The molecule has 0 aromatic carbocycles. The normalized spacial score (nSPS) is 26.9. The third kappa shape index (κ3) is 3.90. The van der Waals surface area contributed by atoms with Crippen molar-refractivity contribution in [2.24, 2.45) is 0 Å². The molecule has 0 spiro atoms. The molecule has 72 valence electrons. The lowest BCUT2D eigenvalue weighted by Crippen LogP contribution is -1.98. The Morgan fingerprint density at radius 2 is 2.23 bits per heavy atom. The van der Waals surface area contributed by atoms with E-state index in [1.54, 1.807) is 19.1 Å². The van der Waals surface area contributed by atoms with E-state index in [0.29, 0.717) is 12.7 Å². The summed E-state index contributed by atoms with van der Waals surface area (Å²) in [6, 6.07) is 0. The summed E-state index contributed by atoms with van der Waals surface area (Å²) in [5.41, 5.74) is 0. The SMILES string of the molecule is CCOC(=O)/C=C/C=C/[C@H]1O[C@H]1C. The molecule has 0 aromatic heterocycles. The molecule has 0 aliphatic carbocycles. The maximum atomic E-state index is 10.8. The van der Waals surface area contributed by atoms with Gasteiger partial charge < -0.3 is 9.47 Å². The van der Waals surface area contributed by atoms with Crippen molar-refractivity contribution in [3.63, 3.8) is 0 Å². The highest BCUT2D eigenvalue weighted by molar-refractivity contribution is 5.82. The minimum Gasteiger partial charge on any atom is -0.463 e.